The lowest BCUT2D eigenvalue weighted by atomic mass is 10.0. The average Bonchev–Trinajstić information content (AvgIpc) is 2.90. The van der Waals surface area contributed by atoms with Crippen molar-refractivity contribution in [2.45, 2.75) is 0 Å². The minimum Gasteiger partial charge on any atom is -0.495 e. The van der Waals surface area contributed by atoms with Crippen LogP contribution in [0.3, 0.4) is 0 Å². The summed E-state index contributed by atoms with van der Waals surface area (Å²) in [4.78, 5) is 13.8. The Labute approximate surface area is 214 Å². The van der Waals surface area contributed by atoms with Gasteiger partial charge in [0.2, 0.25) is 0 Å². The summed E-state index contributed by atoms with van der Waals surface area (Å²) in [5.41, 5.74) is 1.94. The molecule has 0 spiro atoms. The predicted octanol–water partition coefficient (Wildman–Crippen LogP) is 5.60. The maximum atomic E-state index is 15.1. The van der Waals surface area contributed by atoms with E-state index >= 15 is 4.39 Å². The van der Waals surface area contributed by atoms with Crippen LogP contribution in [0.1, 0.15) is 0 Å². The largest absolute Gasteiger partial charge is 0.495 e. The summed E-state index contributed by atoms with van der Waals surface area (Å²) >= 11 is 6.45. The number of rotatable bonds is 6. The Hall–Kier alpha value is -3.62. The maximum absolute atomic E-state index is 15.1. The summed E-state index contributed by atoms with van der Waals surface area (Å²) in [6.07, 6.45) is 3.63. The van der Waals surface area contributed by atoms with Gasteiger partial charge in [0, 0.05) is 49.4 Å². The molecule has 1 saturated heterocycles. The number of hydrogen-bond donors (Lipinski definition) is 1. The molecule has 0 radical (unpaired) electrons. The van der Waals surface area contributed by atoms with Gasteiger partial charge in [0.05, 0.1) is 31.1 Å². The second-order valence-corrected chi connectivity index (χ2v) is 9.11. The Balaban J connectivity index is 1.38. The number of hydrogen-bond acceptors (Lipinski definition) is 7. The molecule has 0 aliphatic carbocycles. The molecule has 0 saturated carbocycles. The van der Waals surface area contributed by atoms with Crippen molar-refractivity contribution in [3.8, 4) is 22.6 Å². The normalized spacial score (nSPS) is 14.2. The first-order chi connectivity index (χ1) is 17.5. The number of anilines is 3. The highest BCUT2D eigenvalue weighted by Crippen LogP contribution is 2.42. The molecule has 0 amide bonds. The van der Waals surface area contributed by atoms with E-state index < -0.39 is 5.82 Å². The van der Waals surface area contributed by atoms with E-state index in [9.17, 15) is 0 Å². The fraction of sp³-hybridized carbons (Fsp3) is 0.259. The quantitative estimate of drug-likeness (QED) is 0.364. The Morgan fingerprint density at radius 1 is 0.861 bits per heavy atom. The van der Waals surface area contributed by atoms with Crippen molar-refractivity contribution in [3.05, 3.63) is 65.7 Å². The van der Waals surface area contributed by atoms with Crippen LogP contribution in [0.2, 0.25) is 5.02 Å². The summed E-state index contributed by atoms with van der Waals surface area (Å²) in [5.74, 6) is 1.25. The smallest absolute Gasteiger partial charge is 0.174 e. The summed E-state index contributed by atoms with van der Waals surface area (Å²) in [7, 11) is 5.03. The van der Waals surface area contributed by atoms with E-state index in [0.717, 1.165) is 42.6 Å². The van der Waals surface area contributed by atoms with Crippen molar-refractivity contribution in [2.75, 3.05) is 57.7 Å². The van der Waals surface area contributed by atoms with Gasteiger partial charge >= 0.3 is 0 Å². The topological polar surface area (TPSA) is 62.8 Å². The first kappa shape index (κ1) is 24.1. The number of methoxy groups -OCH3 is 2. The SMILES string of the molecule is COc1cc(OC)c(Cl)c(-c2ccc3cc(Nc4ccc(N5CCN(C)CC5)cn4)ncc3c2)c1F. The van der Waals surface area contributed by atoms with E-state index in [-0.39, 0.29) is 16.3 Å². The first-order valence-electron chi connectivity index (χ1n) is 11.6. The molecule has 1 fully saturated rings. The number of likely N-dealkylation sites (N-methyl/N-ethyl adjacent to an activating group) is 1. The number of pyridine rings is 2. The minimum absolute atomic E-state index is 0.0650. The van der Waals surface area contributed by atoms with E-state index in [0.29, 0.717) is 22.9 Å². The van der Waals surface area contributed by atoms with Crippen molar-refractivity contribution in [3.63, 3.8) is 0 Å². The van der Waals surface area contributed by atoms with Crippen molar-refractivity contribution in [1.29, 1.82) is 0 Å². The van der Waals surface area contributed by atoms with Crippen LogP contribution >= 0.6 is 11.6 Å². The molecule has 3 heterocycles. The van der Waals surface area contributed by atoms with Gasteiger partial charge in [-0.3, -0.25) is 0 Å². The highest BCUT2D eigenvalue weighted by atomic mass is 35.5. The van der Waals surface area contributed by atoms with Gasteiger partial charge in [-0.15, -0.1) is 0 Å². The molecular weight excluding hydrogens is 481 g/mol. The van der Waals surface area contributed by atoms with Crippen LogP contribution < -0.4 is 19.7 Å². The molecule has 36 heavy (non-hydrogen) atoms. The maximum Gasteiger partial charge on any atom is 0.174 e. The minimum atomic E-state index is -0.542. The molecule has 4 aromatic rings. The molecule has 1 aliphatic heterocycles. The number of ether oxygens (including phenoxy) is 2. The summed E-state index contributed by atoms with van der Waals surface area (Å²) in [6.45, 7) is 4.09. The van der Waals surface area contributed by atoms with Crippen LogP contribution in [0.25, 0.3) is 21.9 Å². The molecule has 0 unspecified atom stereocenters. The Kier molecular flexibility index (Phi) is 6.80. The highest BCUT2D eigenvalue weighted by Gasteiger charge is 2.20. The Bertz CT molecular complexity index is 1360. The zero-order valence-corrected chi connectivity index (χ0v) is 21.1. The molecule has 7 nitrogen and oxygen atoms in total. The van der Waals surface area contributed by atoms with Crippen molar-refractivity contribution in [2.24, 2.45) is 0 Å². The van der Waals surface area contributed by atoms with Gasteiger partial charge in [0.15, 0.2) is 11.6 Å². The lowest BCUT2D eigenvalue weighted by molar-refractivity contribution is 0.313. The fourth-order valence-electron chi connectivity index (χ4n) is 4.35. The Morgan fingerprint density at radius 3 is 2.31 bits per heavy atom. The summed E-state index contributed by atoms with van der Waals surface area (Å²) in [5, 5.41) is 5.24. The van der Waals surface area contributed by atoms with Gasteiger partial charge in [0.25, 0.3) is 0 Å². The van der Waals surface area contributed by atoms with Gasteiger partial charge in [0.1, 0.15) is 17.4 Å². The van der Waals surface area contributed by atoms with Gasteiger partial charge in [-0.2, -0.15) is 0 Å². The number of aromatic nitrogens is 2. The molecule has 0 atom stereocenters. The van der Waals surface area contributed by atoms with Crippen LogP contribution in [0.5, 0.6) is 11.5 Å². The molecule has 5 rings (SSSR count). The highest BCUT2D eigenvalue weighted by molar-refractivity contribution is 6.35. The number of nitrogens with zero attached hydrogens (tertiary/aromatic N) is 4. The second kappa shape index (κ2) is 10.2. The molecule has 2 aromatic heterocycles. The zero-order valence-electron chi connectivity index (χ0n) is 20.4. The van der Waals surface area contributed by atoms with Crippen molar-refractivity contribution >= 4 is 39.7 Å². The van der Waals surface area contributed by atoms with E-state index in [1.807, 2.05) is 36.5 Å². The molecule has 0 bridgehead atoms. The molecule has 9 heteroatoms. The third-order valence-electron chi connectivity index (χ3n) is 6.46. The number of piperazine rings is 1. The molecular formula is C27H27ClFN5O2. The third kappa shape index (κ3) is 4.74. The van der Waals surface area contributed by atoms with Gasteiger partial charge in [-0.25, -0.2) is 14.4 Å². The van der Waals surface area contributed by atoms with Gasteiger partial charge in [-0.1, -0.05) is 23.7 Å². The number of fused-ring (bicyclic) bond motifs is 1. The number of benzene rings is 2. The fourth-order valence-corrected chi connectivity index (χ4v) is 4.67. The summed E-state index contributed by atoms with van der Waals surface area (Å²) < 4.78 is 25.6. The molecule has 1 aliphatic rings. The molecule has 186 valence electrons. The van der Waals surface area contributed by atoms with Gasteiger partial charge < -0.3 is 24.6 Å². The Morgan fingerprint density at radius 2 is 1.61 bits per heavy atom. The monoisotopic (exact) mass is 507 g/mol. The summed E-state index contributed by atoms with van der Waals surface area (Å²) in [6, 6.07) is 13.0. The van der Waals surface area contributed by atoms with Crippen LogP contribution in [-0.4, -0.2) is 62.3 Å². The van der Waals surface area contributed by atoms with Crippen LogP contribution in [0, 0.1) is 5.82 Å². The van der Waals surface area contributed by atoms with E-state index in [2.05, 4.69) is 38.2 Å². The molecule has 2 aromatic carbocycles. The second-order valence-electron chi connectivity index (χ2n) is 8.73. The lowest BCUT2D eigenvalue weighted by Crippen LogP contribution is -2.44. The van der Waals surface area contributed by atoms with E-state index in [1.165, 1.54) is 20.3 Å². The predicted molar refractivity (Wildman–Crippen MR) is 142 cm³/mol. The average molecular weight is 508 g/mol. The first-order valence-corrected chi connectivity index (χ1v) is 12.0. The van der Waals surface area contributed by atoms with E-state index in [4.69, 9.17) is 21.1 Å². The van der Waals surface area contributed by atoms with Crippen LogP contribution in [-0.2, 0) is 0 Å². The lowest BCUT2D eigenvalue weighted by Gasteiger charge is -2.33. The van der Waals surface area contributed by atoms with Crippen LogP contribution in [0.15, 0.2) is 54.9 Å². The zero-order chi connectivity index (χ0) is 25.2. The standard InChI is InChI=1S/C27H27ClFN5O2/c1-33-8-10-34(11-9-33)20-6-7-23(31-16-20)32-24-13-17-4-5-18(12-19(17)15-30-24)25-26(28)21(35-2)14-22(36-3)27(25)29/h4-7,12-16H,8-11H2,1-3H3,(H,30,31,32). The van der Waals surface area contributed by atoms with Crippen LogP contribution in [0.4, 0.5) is 21.7 Å². The van der Waals surface area contributed by atoms with E-state index in [1.54, 1.807) is 6.20 Å². The number of halogens is 2. The van der Waals surface area contributed by atoms with Gasteiger partial charge in [-0.05, 0) is 42.3 Å². The van der Waals surface area contributed by atoms with Crippen molar-refractivity contribution in [1.82, 2.24) is 14.9 Å². The third-order valence-corrected chi connectivity index (χ3v) is 6.83. The number of nitrogens with one attached hydrogen (secondary N) is 1. The van der Waals surface area contributed by atoms with Crippen molar-refractivity contribution < 1.29 is 13.9 Å². The molecule has 1 N–H and O–H groups in total.